The zero-order chi connectivity index (χ0) is 17.1. The van der Waals surface area contributed by atoms with E-state index in [-0.39, 0.29) is 29.7 Å². The molecule has 3 atom stereocenters. The smallest absolute Gasteiger partial charge is 0.328 e. The highest BCUT2D eigenvalue weighted by atomic mass is 16.5. The molecule has 0 aliphatic carbocycles. The van der Waals surface area contributed by atoms with Gasteiger partial charge in [0.2, 0.25) is 11.8 Å². The van der Waals surface area contributed by atoms with E-state index in [4.69, 9.17) is 4.74 Å². The number of fused-ring (bicyclic) bond motifs is 1. The highest BCUT2D eigenvalue weighted by molar-refractivity contribution is 5.87. The molecule has 2 amide bonds. The minimum absolute atomic E-state index is 0.0312. The minimum Gasteiger partial charge on any atom is -0.467 e. The number of carbonyl (C=O) groups excluding carboxylic acids is 3. The third-order valence-corrected chi connectivity index (χ3v) is 4.81. The topological polar surface area (TPSA) is 66.9 Å². The monoisotopic (exact) mass is 324 g/mol. The van der Waals surface area contributed by atoms with Gasteiger partial charge < -0.3 is 14.5 Å². The number of ether oxygens (including phenoxy) is 1. The van der Waals surface area contributed by atoms with E-state index >= 15 is 0 Å². The summed E-state index contributed by atoms with van der Waals surface area (Å²) in [6.45, 7) is 6.97. The normalized spacial score (nSPS) is 28.4. The minimum atomic E-state index is -0.460. The van der Waals surface area contributed by atoms with Crippen molar-refractivity contribution in [1.29, 1.82) is 0 Å². The third kappa shape index (κ3) is 3.85. The summed E-state index contributed by atoms with van der Waals surface area (Å²) in [5.41, 5.74) is 0. The highest BCUT2D eigenvalue weighted by Gasteiger charge is 2.44. The van der Waals surface area contributed by atoms with Gasteiger partial charge in [0.15, 0.2) is 0 Å². The first-order valence-corrected chi connectivity index (χ1v) is 8.53. The summed E-state index contributed by atoms with van der Waals surface area (Å²) in [5.74, 6) is -0.230. The van der Waals surface area contributed by atoms with Crippen molar-refractivity contribution in [3.8, 4) is 0 Å². The SMILES string of the molecule is COC(=O)[C@@H]1CC[C@@H]2CCN(C(=O)CC(C)C)C[C@H](C)C(=O)N21. The molecule has 2 heterocycles. The molecule has 6 nitrogen and oxygen atoms in total. The molecule has 2 saturated heterocycles. The molecular weight excluding hydrogens is 296 g/mol. The number of methoxy groups -OCH3 is 1. The van der Waals surface area contributed by atoms with Crippen LogP contribution >= 0.6 is 0 Å². The summed E-state index contributed by atoms with van der Waals surface area (Å²) in [4.78, 5) is 40.6. The van der Waals surface area contributed by atoms with Gasteiger partial charge in [-0.1, -0.05) is 20.8 Å². The number of nitrogens with zero attached hydrogens (tertiary/aromatic N) is 2. The fourth-order valence-electron chi connectivity index (χ4n) is 3.63. The van der Waals surface area contributed by atoms with Gasteiger partial charge in [-0.2, -0.15) is 0 Å². The van der Waals surface area contributed by atoms with Crippen LogP contribution in [0.15, 0.2) is 0 Å². The molecule has 2 fully saturated rings. The van der Waals surface area contributed by atoms with Crippen molar-refractivity contribution in [2.45, 2.75) is 58.5 Å². The largest absolute Gasteiger partial charge is 0.467 e. The third-order valence-electron chi connectivity index (χ3n) is 4.81. The molecule has 2 aliphatic rings. The molecular formula is C17H28N2O4. The molecule has 23 heavy (non-hydrogen) atoms. The second-order valence-electron chi connectivity index (χ2n) is 7.14. The second-order valence-corrected chi connectivity index (χ2v) is 7.14. The van der Waals surface area contributed by atoms with Gasteiger partial charge in [0.1, 0.15) is 6.04 Å². The van der Waals surface area contributed by atoms with E-state index < -0.39 is 6.04 Å². The lowest BCUT2D eigenvalue weighted by molar-refractivity contribution is -0.155. The van der Waals surface area contributed by atoms with E-state index in [9.17, 15) is 14.4 Å². The van der Waals surface area contributed by atoms with Crippen LogP contribution in [0.5, 0.6) is 0 Å². The lowest BCUT2D eigenvalue weighted by Crippen LogP contribution is -2.53. The van der Waals surface area contributed by atoms with Gasteiger partial charge in [0, 0.05) is 25.6 Å². The fraction of sp³-hybridized carbons (Fsp3) is 0.824. The number of hydrogen-bond acceptors (Lipinski definition) is 4. The number of rotatable bonds is 3. The van der Waals surface area contributed by atoms with Crippen molar-refractivity contribution in [1.82, 2.24) is 9.80 Å². The van der Waals surface area contributed by atoms with Crippen LogP contribution in [0.4, 0.5) is 0 Å². The summed E-state index contributed by atoms with van der Waals surface area (Å²) in [5, 5.41) is 0. The van der Waals surface area contributed by atoms with Gasteiger partial charge in [-0.05, 0) is 25.2 Å². The number of esters is 1. The first-order chi connectivity index (χ1) is 10.8. The quantitative estimate of drug-likeness (QED) is 0.737. The van der Waals surface area contributed by atoms with Crippen LogP contribution in [0.2, 0.25) is 0 Å². The number of carbonyl (C=O) groups is 3. The molecule has 2 rings (SSSR count). The molecule has 0 spiro atoms. The number of hydrogen-bond donors (Lipinski definition) is 0. The molecule has 2 aliphatic heterocycles. The average Bonchev–Trinajstić information content (AvgIpc) is 2.90. The Balaban J connectivity index is 2.13. The van der Waals surface area contributed by atoms with Crippen molar-refractivity contribution >= 4 is 17.8 Å². The molecule has 0 aromatic rings. The fourth-order valence-corrected chi connectivity index (χ4v) is 3.63. The standard InChI is InChI=1S/C17H28N2O4/c1-11(2)9-15(20)18-8-7-13-5-6-14(17(22)23-4)19(13)16(21)12(3)10-18/h11-14H,5-10H2,1-4H3/t12-,13+,14-/m0/s1. The summed E-state index contributed by atoms with van der Waals surface area (Å²) < 4.78 is 4.84. The molecule has 0 saturated carbocycles. The van der Waals surface area contributed by atoms with Gasteiger partial charge in [0.05, 0.1) is 13.0 Å². The van der Waals surface area contributed by atoms with E-state index in [1.165, 1.54) is 7.11 Å². The van der Waals surface area contributed by atoms with Crippen molar-refractivity contribution in [2.24, 2.45) is 11.8 Å². The molecule has 0 aromatic heterocycles. The Morgan fingerprint density at radius 3 is 2.57 bits per heavy atom. The lowest BCUT2D eigenvalue weighted by atomic mass is 10.0. The molecule has 0 radical (unpaired) electrons. The lowest BCUT2D eigenvalue weighted by Gasteiger charge is -2.37. The Hall–Kier alpha value is -1.59. The van der Waals surface area contributed by atoms with Gasteiger partial charge in [-0.25, -0.2) is 4.79 Å². The van der Waals surface area contributed by atoms with Crippen LogP contribution in [0, 0.1) is 11.8 Å². The summed E-state index contributed by atoms with van der Waals surface area (Å²) >= 11 is 0. The summed E-state index contributed by atoms with van der Waals surface area (Å²) in [7, 11) is 1.36. The van der Waals surface area contributed by atoms with Crippen molar-refractivity contribution in [2.75, 3.05) is 20.2 Å². The van der Waals surface area contributed by atoms with Crippen LogP contribution in [-0.4, -0.2) is 59.9 Å². The molecule has 6 heteroatoms. The first kappa shape index (κ1) is 17.8. The zero-order valence-electron chi connectivity index (χ0n) is 14.6. The summed E-state index contributed by atoms with van der Waals surface area (Å²) in [6.07, 6.45) is 2.69. The van der Waals surface area contributed by atoms with E-state index in [1.807, 2.05) is 25.7 Å². The van der Waals surface area contributed by atoms with Crippen LogP contribution < -0.4 is 0 Å². The average molecular weight is 324 g/mol. The molecule has 0 aromatic carbocycles. The maximum atomic E-state index is 12.8. The first-order valence-electron chi connectivity index (χ1n) is 8.53. The van der Waals surface area contributed by atoms with E-state index in [0.717, 1.165) is 12.8 Å². The predicted molar refractivity (Wildman–Crippen MR) is 85.5 cm³/mol. The Morgan fingerprint density at radius 2 is 1.96 bits per heavy atom. The maximum absolute atomic E-state index is 12.8. The molecule has 130 valence electrons. The van der Waals surface area contributed by atoms with Gasteiger partial charge in [-0.3, -0.25) is 9.59 Å². The van der Waals surface area contributed by atoms with Crippen LogP contribution in [0.1, 0.15) is 46.5 Å². The van der Waals surface area contributed by atoms with Crippen LogP contribution in [-0.2, 0) is 19.1 Å². The Labute approximate surface area is 138 Å². The van der Waals surface area contributed by atoms with Crippen molar-refractivity contribution < 1.29 is 19.1 Å². The van der Waals surface area contributed by atoms with Crippen molar-refractivity contribution in [3.63, 3.8) is 0 Å². The zero-order valence-corrected chi connectivity index (χ0v) is 14.6. The molecule has 0 bridgehead atoms. The predicted octanol–water partition coefficient (Wildman–Crippen LogP) is 1.43. The Kier molecular flexibility index (Phi) is 5.65. The highest BCUT2D eigenvalue weighted by Crippen LogP contribution is 2.31. The van der Waals surface area contributed by atoms with E-state index in [0.29, 0.717) is 31.8 Å². The maximum Gasteiger partial charge on any atom is 0.328 e. The van der Waals surface area contributed by atoms with Gasteiger partial charge in [0.25, 0.3) is 0 Å². The Morgan fingerprint density at radius 1 is 1.26 bits per heavy atom. The Bertz CT molecular complexity index is 477. The van der Waals surface area contributed by atoms with E-state index in [2.05, 4.69) is 0 Å². The molecule has 0 unspecified atom stereocenters. The number of amides is 2. The van der Waals surface area contributed by atoms with Crippen LogP contribution in [0.3, 0.4) is 0 Å². The van der Waals surface area contributed by atoms with Crippen LogP contribution in [0.25, 0.3) is 0 Å². The summed E-state index contributed by atoms with van der Waals surface area (Å²) in [6, 6.07) is -0.429. The second kappa shape index (κ2) is 7.32. The van der Waals surface area contributed by atoms with Gasteiger partial charge in [-0.15, -0.1) is 0 Å². The van der Waals surface area contributed by atoms with E-state index in [1.54, 1.807) is 4.90 Å². The van der Waals surface area contributed by atoms with Gasteiger partial charge >= 0.3 is 5.97 Å². The van der Waals surface area contributed by atoms with Crippen molar-refractivity contribution in [3.05, 3.63) is 0 Å². The molecule has 0 N–H and O–H groups in total.